The van der Waals surface area contributed by atoms with Crippen LogP contribution in [0, 0.1) is 0 Å². The minimum atomic E-state index is -0.232. The van der Waals surface area contributed by atoms with Crippen molar-refractivity contribution in [2.45, 2.75) is 33.1 Å². The van der Waals surface area contributed by atoms with E-state index in [0.29, 0.717) is 13.0 Å². The highest BCUT2D eigenvalue weighted by molar-refractivity contribution is 5.89. The number of methoxy groups -OCH3 is 1. The zero-order valence-corrected chi connectivity index (χ0v) is 8.72. The first-order chi connectivity index (χ1) is 6.21. The lowest BCUT2D eigenvalue weighted by Crippen LogP contribution is -2.12. The Balaban J connectivity index is 4.72. The van der Waals surface area contributed by atoms with E-state index < -0.39 is 0 Å². The molecule has 0 spiro atoms. The molecule has 0 atom stereocenters. The van der Waals surface area contributed by atoms with Crippen LogP contribution in [0.2, 0.25) is 0 Å². The zero-order chi connectivity index (χ0) is 10.3. The van der Waals surface area contributed by atoms with Gasteiger partial charge in [0.25, 0.3) is 0 Å². The maximum atomic E-state index is 11.3. The van der Waals surface area contributed by atoms with Crippen molar-refractivity contribution in [3.63, 3.8) is 0 Å². The molecule has 0 rings (SSSR count). The molecule has 0 saturated carbocycles. The number of carbonyl (C=O) groups is 1. The third-order valence-electron chi connectivity index (χ3n) is 2.11. The van der Waals surface area contributed by atoms with Gasteiger partial charge in [-0.15, -0.1) is 0 Å². The number of esters is 1. The van der Waals surface area contributed by atoms with E-state index in [1.807, 2.05) is 13.8 Å². The predicted octanol–water partition coefficient (Wildman–Crippen LogP) is 1.62. The molecular weight excluding hydrogens is 166 g/mol. The first kappa shape index (κ1) is 12.2. The van der Waals surface area contributed by atoms with Crippen LogP contribution in [-0.2, 0) is 9.53 Å². The number of rotatable bonds is 5. The van der Waals surface area contributed by atoms with Gasteiger partial charge in [-0.05, 0) is 25.8 Å². The summed E-state index contributed by atoms with van der Waals surface area (Å²) in [4.78, 5) is 11.3. The average molecular weight is 185 g/mol. The van der Waals surface area contributed by atoms with Crippen LogP contribution in [0.15, 0.2) is 11.1 Å². The van der Waals surface area contributed by atoms with Crippen molar-refractivity contribution < 1.29 is 9.53 Å². The molecule has 0 bridgehead atoms. The SMILES string of the molecule is CCC(CC)=C(CCN)C(=O)OC. The van der Waals surface area contributed by atoms with Gasteiger partial charge in [0.05, 0.1) is 7.11 Å². The fourth-order valence-electron chi connectivity index (χ4n) is 1.37. The van der Waals surface area contributed by atoms with E-state index in [2.05, 4.69) is 0 Å². The Bertz CT molecular complexity index is 191. The average Bonchev–Trinajstić information content (AvgIpc) is 2.17. The van der Waals surface area contributed by atoms with Crippen molar-refractivity contribution in [2.75, 3.05) is 13.7 Å². The second-order valence-electron chi connectivity index (χ2n) is 2.82. The molecule has 3 heteroatoms. The minimum Gasteiger partial charge on any atom is -0.466 e. The Kier molecular flexibility index (Phi) is 6.24. The Hall–Kier alpha value is -0.830. The number of carbonyl (C=O) groups excluding carboxylic acids is 1. The van der Waals surface area contributed by atoms with Crippen LogP contribution in [0.4, 0.5) is 0 Å². The summed E-state index contributed by atoms with van der Waals surface area (Å²) in [6.45, 7) is 4.57. The highest BCUT2D eigenvalue weighted by atomic mass is 16.5. The van der Waals surface area contributed by atoms with Crippen molar-refractivity contribution in [2.24, 2.45) is 5.73 Å². The normalized spacial score (nSPS) is 9.54. The zero-order valence-electron chi connectivity index (χ0n) is 8.72. The molecule has 13 heavy (non-hydrogen) atoms. The topological polar surface area (TPSA) is 52.3 Å². The van der Waals surface area contributed by atoms with Gasteiger partial charge in [-0.25, -0.2) is 4.79 Å². The molecule has 0 aliphatic heterocycles. The van der Waals surface area contributed by atoms with Crippen molar-refractivity contribution >= 4 is 5.97 Å². The molecule has 0 amide bonds. The molecule has 3 nitrogen and oxygen atoms in total. The summed E-state index contributed by atoms with van der Waals surface area (Å²) in [5, 5.41) is 0. The highest BCUT2D eigenvalue weighted by Crippen LogP contribution is 2.16. The van der Waals surface area contributed by atoms with E-state index in [1.165, 1.54) is 7.11 Å². The molecule has 0 saturated heterocycles. The molecule has 0 aliphatic carbocycles. The fraction of sp³-hybridized carbons (Fsp3) is 0.700. The number of nitrogens with two attached hydrogens (primary N) is 1. The highest BCUT2D eigenvalue weighted by Gasteiger charge is 2.12. The predicted molar refractivity (Wildman–Crippen MR) is 53.3 cm³/mol. The summed E-state index contributed by atoms with van der Waals surface area (Å²) in [5.41, 5.74) is 7.34. The lowest BCUT2D eigenvalue weighted by Gasteiger charge is -2.09. The number of allylic oxidation sites excluding steroid dienone is 1. The number of hydrogen-bond acceptors (Lipinski definition) is 3. The van der Waals surface area contributed by atoms with Crippen LogP contribution in [0.5, 0.6) is 0 Å². The monoisotopic (exact) mass is 185 g/mol. The molecular formula is C10H19NO2. The van der Waals surface area contributed by atoms with Crippen LogP contribution < -0.4 is 5.73 Å². The lowest BCUT2D eigenvalue weighted by atomic mass is 10.0. The smallest absolute Gasteiger partial charge is 0.333 e. The van der Waals surface area contributed by atoms with Crippen molar-refractivity contribution in [3.05, 3.63) is 11.1 Å². The Morgan fingerprint density at radius 1 is 1.31 bits per heavy atom. The molecule has 0 radical (unpaired) electrons. The summed E-state index contributed by atoms with van der Waals surface area (Å²) >= 11 is 0. The van der Waals surface area contributed by atoms with Gasteiger partial charge in [0.1, 0.15) is 0 Å². The maximum Gasteiger partial charge on any atom is 0.333 e. The molecule has 0 fully saturated rings. The largest absolute Gasteiger partial charge is 0.466 e. The lowest BCUT2D eigenvalue weighted by molar-refractivity contribution is -0.136. The molecule has 0 heterocycles. The van der Waals surface area contributed by atoms with E-state index in [4.69, 9.17) is 10.5 Å². The summed E-state index contributed by atoms with van der Waals surface area (Å²) in [6.07, 6.45) is 2.39. The first-order valence-corrected chi connectivity index (χ1v) is 4.70. The molecule has 0 unspecified atom stereocenters. The molecule has 0 aromatic carbocycles. The van der Waals surface area contributed by atoms with E-state index >= 15 is 0 Å². The Labute approximate surface area is 79.9 Å². The van der Waals surface area contributed by atoms with Crippen LogP contribution in [0.25, 0.3) is 0 Å². The molecule has 0 aromatic rings. The summed E-state index contributed by atoms with van der Waals surface area (Å²) < 4.78 is 4.70. The van der Waals surface area contributed by atoms with Gasteiger partial charge in [0, 0.05) is 5.57 Å². The van der Waals surface area contributed by atoms with Gasteiger partial charge in [-0.3, -0.25) is 0 Å². The van der Waals surface area contributed by atoms with Gasteiger partial charge >= 0.3 is 5.97 Å². The second-order valence-corrected chi connectivity index (χ2v) is 2.82. The fourth-order valence-corrected chi connectivity index (χ4v) is 1.37. The Morgan fingerprint density at radius 2 is 1.85 bits per heavy atom. The van der Waals surface area contributed by atoms with Gasteiger partial charge in [-0.1, -0.05) is 19.4 Å². The third-order valence-corrected chi connectivity index (χ3v) is 2.11. The van der Waals surface area contributed by atoms with E-state index in [-0.39, 0.29) is 5.97 Å². The van der Waals surface area contributed by atoms with Crippen molar-refractivity contribution in [1.82, 2.24) is 0 Å². The maximum absolute atomic E-state index is 11.3. The Morgan fingerprint density at radius 3 is 2.15 bits per heavy atom. The van der Waals surface area contributed by atoms with E-state index in [1.54, 1.807) is 0 Å². The minimum absolute atomic E-state index is 0.232. The van der Waals surface area contributed by atoms with Crippen LogP contribution in [-0.4, -0.2) is 19.6 Å². The number of hydrogen-bond donors (Lipinski definition) is 1. The van der Waals surface area contributed by atoms with E-state index in [9.17, 15) is 4.79 Å². The van der Waals surface area contributed by atoms with Gasteiger partial charge in [-0.2, -0.15) is 0 Å². The standard InChI is InChI=1S/C10H19NO2/c1-4-8(5-2)9(6-7-11)10(12)13-3/h4-7,11H2,1-3H3. The van der Waals surface area contributed by atoms with Crippen LogP contribution >= 0.6 is 0 Å². The summed E-state index contributed by atoms with van der Waals surface area (Å²) in [7, 11) is 1.40. The quantitative estimate of drug-likeness (QED) is 0.523. The molecule has 76 valence electrons. The van der Waals surface area contributed by atoms with Gasteiger partial charge in [0.2, 0.25) is 0 Å². The van der Waals surface area contributed by atoms with Crippen LogP contribution in [0.3, 0.4) is 0 Å². The van der Waals surface area contributed by atoms with E-state index in [0.717, 1.165) is 24.0 Å². The summed E-state index contributed by atoms with van der Waals surface area (Å²) in [5.74, 6) is -0.232. The third kappa shape index (κ3) is 3.59. The van der Waals surface area contributed by atoms with Gasteiger partial charge in [0.15, 0.2) is 0 Å². The summed E-state index contributed by atoms with van der Waals surface area (Å²) in [6, 6.07) is 0. The van der Waals surface area contributed by atoms with Crippen molar-refractivity contribution in [3.8, 4) is 0 Å². The molecule has 2 N–H and O–H groups in total. The molecule has 0 aromatic heterocycles. The first-order valence-electron chi connectivity index (χ1n) is 4.70. The van der Waals surface area contributed by atoms with Gasteiger partial charge < -0.3 is 10.5 Å². The van der Waals surface area contributed by atoms with Crippen LogP contribution in [0.1, 0.15) is 33.1 Å². The van der Waals surface area contributed by atoms with Crippen molar-refractivity contribution in [1.29, 1.82) is 0 Å². The molecule has 0 aliphatic rings. The number of ether oxygens (including phenoxy) is 1. The second kappa shape index (κ2) is 6.66.